The second kappa shape index (κ2) is 8.43. The summed E-state index contributed by atoms with van der Waals surface area (Å²) in [7, 11) is 0. The zero-order valence-electron chi connectivity index (χ0n) is 23.0. The molecule has 0 radical (unpaired) electrons. The molecule has 1 heterocycles. The van der Waals surface area contributed by atoms with Gasteiger partial charge in [-0.05, 0) is 119 Å². The van der Waals surface area contributed by atoms with E-state index < -0.39 is 11.4 Å². The van der Waals surface area contributed by atoms with Gasteiger partial charge in [0, 0.05) is 5.92 Å². The molecule has 4 nitrogen and oxygen atoms in total. The van der Waals surface area contributed by atoms with Gasteiger partial charge in [0.25, 0.3) is 0 Å². The van der Waals surface area contributed by atoms with Crippen LogP contribution in [0.5, 0.6) is 0 Å². The van der Waals surface area contributed by atoms with Crippen molar-refractivity contribution in [2.45, 2.75) is 142 Å². The zero-order chi connectivity index (χ0) is 24.7. The Kier molecular flexibility index (Phi) is 6.32. The summed E-state index contributed by atoms with van der Waals surface area (Å²) in [5, 5.41) is 21.8. The monoisotopic (exact) mass is 476 g/mol. The topological polar surface area (TPSA) is 58.9 Å². The minimum atomic E-state index is -0.549. The molecule has 4 aliphatic carbocycles. The van der Waals surface area contributed by atoms with Crippen LogP contribution < -0.4 is 0 Å². The fraction of sp³-hybridized carbons (Fsp3) is 1.00. The lowest BCUT2D eigenvalue weighted by Crippen LogP contribution is -2.62. The summed E-state index contributed by atoms with van der Waals surface area (Å²) in [6.07, 6.45) is 11.7. The summed E-state index contributed by atoms with van der Waals surface area (Å²) < 4.78 is 12.7. The van der Waals surface area contributed by atoms with Crippen molar-refractivity contribution in [3.8, 4) is 0 Å². The van der Waals surface area contributed by atoms with Crippen LogP contribution in [0.1, 0.15) is 113 Å². The Morgan fingerprint density at radius 1 is 0.941 bits per heavy atom. The van der Waals surface area contributed by atoms with Gasteiger partial charge in [0.1, 0.15) is 0 Å². The quantitative estimate of drug-likeness (QED) is 0.487. The average Bonchev–Trinajstić information content (AvgIpc) is 3.21. The molecule has 0 bridgehead atoms. The molecule has 11 atom stereocenters. The maximum Gasteiger partial charge on any atom is 0.163 e. The molecule has 1 saturated heterocycles. The zero-order valence-corrected chi connectivity index (χ0v) is 23.0. The normalized spacial score (nSPS) is 50.7. The molecule has 4 heteroatoms. The minimum Gasteiger partial charge on any atom is -0.393 e. The second-order valence-corrected chi connectivity index (χ2v) is 14.8. The van der Waals surface area contributed by atoms with Gasteiger partial charge >= 0.3 is 0 Å². The van der Waals surface area contributed by atoms with Gasteiger partial charge in [-0.2, -0.15) is 0 Å². The van der Waals surface area contributed by atoms with E-state index in [1.54, 1.807) is 0 Å². The molecule has 4 saturated carbocycles. The third-order valence-corrected chi connectivity index (χ3v) is 11.7. The van der Waals surface area contributed by atoms with E-state index in [1.807, 2.05) is 27.7 Å². The van der Waals surface area contributed by atoms with Crippen molar-refractivity contribution < 1.29 is 19.7 Å². The first-order valence-electron chi connectivity index (χ1n) is 14.5. The number of aliphatic hydroxyl groups excluding tert-OH is 1. The molecule has 0 spiro atoms. The summed E-state index contributed by atoms with van der Waals surface area (Å²) in [6.45, 7) is 15.5. The highest BCUT2D eigenvalue weighted by molar-refractivity contribution is 5.14. The highest BCUT2D eigenvalue weighted by Crippen LogP contribution is 2.69. The van der Waals surface area contributed by atoms with Crippen molar-refractivity contribution in [1.29, 1.82) is 0 Å². The third kappa shape index (κ3) is 4.11. The fourth-order valence-electron chi connectivity index (χ4n) is 10.4. The van der Waals surface area contributed by atoms with Crippen molar-refractivity contribution >= 4 is 0 Å². The van der Waals surface area contributed by atoms with Crippen LogP contribution in [0.4, 0.5) is 0 Å². The average molecular weight is 477 g/mol. The van der Waals surface area contributed by atoms with E-state index in [-0.39, 0.29) is 29.6 Å². The largest absolute Gasteiger partial charge is 0.393 e. The number of ether oxygens (including phenoxy) is 2. The SMILES string of the molecule is C[C@H](CCCC(C)(C)O)[C@H]1CC[C@H]2[C@@H]3CC(O)C4[C@H]5OC(C)(C)O[C@H]5CC[C@]4(C)[C@H]3CC[C@]12C. The molecular formula is C30H52O4. The number of rotatable bonds is 5. The van der Waals surface area contributed by atoms with E-state index in [1.165, 1.54) is 32.1 Å². The van der Waals surface area contributed by atoms with Crippen LogP contribution in [0.15, 0.2) is 0 Å². The van der Waals surface area contributed by atoms with Crippen LogP contribution in [-0.2, 0) is 9.47 Å². The summed E-state index contributed by atoms with van der Waals surface area (Å²) in [5.74, 6) is 3.28. The standard InChI is InChI=1S/C30H52O4/c1-18(9-8-14-27(2,3)32)20-10-11-21-19-17-23(31)25-26-24(33-28(4,5)34-26)13-16-30(25,7)22(19)12-15-29(20,21)6/h18-26,31-32H,8-17H2,1-7H3/t18-,19+,20-,21+,22+,23?,24+,25?,26+,29-,30-/m1/s1. The molecule has 0 aromatic rings. The first-order chi connectivity index (χ1) is 15.8. The van der Waals surface area contributed by atoms with Gasteiger partial charge in [0.2, 0.25) is 0 Å². The Morgan fingerprint density at radius 3 is 2.32 bits per heavy atom. The van der Waals surface area contributed by atoms with Crippen LogP contribution in [0, 0.1) is 46.3 Å². The van der Waals surface area contributed by atoms with Crippen LogP contribution in [-0.4, -0.2) is 39.9 Å². The molecule has 34 heavy (non-hydrogen) atoms. The van der Waals surface area contributed by atoms with Crippen molar-refractivity contribution in [3.05, 3.63) is 0 Å². The van der Waals surface area contributed by atoms with E-state index in [0.29, 0.717) is 23.2 Å². The Hall–Kier alpha value is -0.160. The molecule has 5 aliphatic rings. The van der Waals surface area contributed by atoms with E-state index in [9.17, 15) is 10.2 Å². The Bertz CT molecular complexity index is 757. The molecule has 0 aromatic carbocycles. The molecule has 5 rings (SSSR count). The van der Waals surface area contributed by atoms with Gasteiger partial charge in [-0.1, -0.05) is 33.6 Å². The fourth-order valence-corrected chi connectivity index (χ4v) is 10.4. The van der Waals surface area contributed by atoms with E-state index in [4.69, 9.17) is 9.47 Å². The third-order valence-electron chi connectivity index (χ3n) is 11.7. The molecule has 2 unspecified atom stereocenters. The molecule has 5 fully saturated rings. The molecule has 2 N–H and O–H groups in total. The van der Waals surface area contributed by atoms with Gasteiger partial charge < -0.3 is 19.7 Å². The van der Waals surface area contributed by atoms with Crippen LogP contribution >= 0.6 is 0 Å². The van der Waals surface area contributed by atoms with Gasteiger partial charge in [-0.25, -0.2) is 0 Å². The molecule has 196 valence electrons. The van der Waals surface area contributed by atoms with Crippen LogP contribution in [0.2, 0.25) is 0 Å². The Morgan fingerprint density at radius 2 is 1.62 bits per heavy atom. The van der Waals surface area contributed by atoms with E-state index >= 15 is 0 Å². The Labute approximate surface area is 208 Å². The molecule has 0 aromatic heterocycles. The minimum absolute atomic E-state index is 0.0464. The predicted octanol–water partition coefficient (Wildman–Crippen LogP) is 6.32. The summed E-state index contributed by atoms with van der Waals surface area (Å²) in [4.78, 5) is 0. The van der Waals surface area contributed by atoms with Crippen molar-refractivity contribution in [2.24, 2.45) is 46.3 Å². The maximum absolute atomic E-state index is 11.6. The number of hydrogen-bond donors (Lipinski definition) is 2. The summed E-state index contributed by atoms with van der Waals surface area (Å²) >= 11 is 0. The van der Waals surface area contributed by atoms with Crippen LogP contribution in [0.3, 0.4) is 0 Å². The smallest absolute Gasteiger partial charge is 0.163 e. The number of fused-ring (bicyclic) bond motifs is 7. The molecule has 1 aliphatic heterocycles. The molecule has 0 amide bonds. The summed E-state index contributed by atoms with van der Waals surface area (Å²) in [5.41, 5.74) is 0.0157. The summed E-state index contributed by atoms with van der Waals surface area (Å²) in [6, 6.07) is 0. The number of hydrogen-bond acceptors (Lipinski definition) is 4. The molecular weight excluding hydrogens is 424 g/mol. The lowest BCUT2D eigenvalue weighted by Gasteiger charge is -2.63. The maximum atomic E-state index is 11.6. The van der Waals surface area contributed by atoms with Crippen molar-refractivity contribution in [2.75, 3.05) is 0 Å². The first kappa shape index (κ1) is 25.5. The van der Waals surface area contributed by atoms with E-state index in [2.05, 4.69) is 20.8 Å². The van der Waals surface area contributed by atoms with Crippen LogP contribution in [0.25, 0.3) is 0 Å². The first-order valence-corrected chi connectivity index (χ1v) is 14.5. The van der Waals surface area contributed by atoms with E-state index in [0.717, 1.165) is 43.9 Å². The number of aliphatic hydroxyl groups is 2. The highest BCUT2D eigenvalue weighted by atomic mass is 16.8. The van der Waals surface area contributed by atoms with Crippen molar-refractivity contribution in [1.82, 2.24) is 0 Å². The second-order valence-electron chi connectivity index (χ2n) is 14.8. The Balaban J connectivity index is 1.33. The van der Waals surface area contributed by atoms with Crippen molar-refractivity contribution in [3.63, 3.8) is 0 Å². The lowest BCUT2D eigenvalue weighted by atomic mass is 9.43. The highest BCUT2D eigenvalue weighted by Gasteiger charge is 2.66. The predicted molar refractivity (Wildman–Crippen MR) is 135 cm³/mol. The van der Waals surface area contributed by atoms with Gasteiger partial charge in [-0.15, -0.1) is 0 Å². The van der Waals surface area contributed by atoms with Gasteiger partial charge in [0.05, 0.1) is 23.9 Å². The lowest BCUT2D eigenvalue weighted by molar-refractivity contribution is -0.203. The van der Waals surface area contributed by atoms with Gasteiger partial charge in [-0.3, -0.25) is 0 Å². The van der Waals surface area contributed by atoms with Gasteiger partial charge in [0.15, 0.2) is 5.79 Å².